The third kappa shape index (κ3) is 30.1. The molecule has 7 unspecified atom stereocenters. The summed E-state index contributed by atoms with van der Waals surface area (Å²) in [6.45, 7) is 23.4. The van der Waals surface area contributed by atoms with Crippen LogP contribution in [0, 0.1) is 0 Å². The summed E-state index contributed by atoms with van der Waals surface area (Å²) in [5, 5.41) is 25.1. The Balaban J connectivity index is 0.000000273. The van der Waals surface area contributed by atoms with Gasteiger partial charge in [-0.1, -0.05) is 61.3 Å². The van der Waals surface area contributed by atoms with Gasteiger partial charge in [-0.3, -0.25) is 0 Å². The summed E-state index contributed by atoms with van der Waals surface area (Å²) in [5.41, 5.74) is 8.52. The van der Waals surface area contributed by atoms with Crippen LogP contribution in [0.2, 0.25) is 20.1 Å². The van der Waals surface area contributed by atoms with Crippen LogP contribution < -0.4 is 21.3 Å². The summed E-state index contributed by atoms with van der Waals surface area (Å²) < 4.78 is 22.1. The van der Waals surface area contributed by atoms with Crippen LogP contribution >= 0.6 is 199 Å². The first kappa shape index (κ1) is 102. The Kier molecular flexibility index (Phi) is 44.3. The number of ether oxygens (including phenoxy) is 3. The van der Waals surface area contributed by atoms with Crippen LogP contribution in [0.1, 0.15) is 237 Å². The Morgan fingerprint density at radius 3 is 1.15 bits per heavy atom. The van der Waals surface area contributed by atoms with Crippen molar-refractivity contribution in [3.05, 3.63) is 144 Å². The van der Waals surface area contributed by atoms with E-state index in [-0.39, 0.29) is 45.5 Å². The van der Waals surface area contributed by atoms with E-state index in [0.717, 1.165) is 111 Å². The van der Waals surface area contributed by atoms with Crippen molar-refractivity contribution in [2.24, 2.45) is 4.30 Å². The molecular weight excluding hydrogens is 1850 g/mol. The molecule has 4 N–H and O–H groups in total. The Bertz CT molecular complexity index is 3980. The molecule has 0 bridgehead atoms. The molecule has 0 saturated heterocycles. The molecule has 111 heavy (non-hydrogen) atoms. The molecule has 31 heteroatoms. The van der Waals surface area contributed by atoms with Crippen molar-refractivity contribution in [2.45, 2.75) is 225 Å². The second-order valence-electron chi connectivity index (χ2n) is 31.0. The van der Waals surface area contributed by atoms with Gasteiger partial charge in [0.2, 0.25) is 0 Å². The molecule has 7 aromatic rings. The molecule has 0 spiro atoms. The molecule has 7 atom stereocenters. The van der Waals surface area contributed by atoms with Gasteiger partial charge in [0.05, 0.1) is 31.4 Å². The number of fused-ring (bicyclic) bond motifs is 7. The minimum atomic E-state index is -0.463. The van der Waals surface area contributed by atoms with Gasteiger partial charge in [-0.25, -0.2) is 14.4 Å². The molecule has 7 aliphatic carbocycles. The van der Waals surface area contributed by atoms with Gasteiger partial charge in [-0.2, -0.15) is 0 Å². The Labute approximate surface area is 750 Å². The number of hydrogen-bond donors (Lipinski definition) is 5. The van der Waals surface area contributed by atoms with Gasteiger partial charge in [-0.15, -0.1) is 91.8 Å². The standard InChI is InChI=1S/C14H19BrClNO2S.C14H20BrNO2S.C14H21NO2S.C9H11BrClNS.2C9H12ClNS.C9H13NS.2CH4.BHNS.ClH/c1-14(2,3)19-13(18)17(4)7-8-5-6-9-10(8)11(16)12(15)20-9;1-14(2,3)18-13(17)16(4)8-9-5-6-11-10(9)7-12(15)19-11;1-14(2,3)17-13(16)15(4)9-10-5-6-12-11(10)7-8-18-12;1-12-4-5-2-3-6-7(5)8(11)9(10)13-6;2*1-11-4-6-2-3-8-9(6)7(10)5-12-8;1-10-6-7-2-3-9-8(7)4-5-11-9;;;1-2-3;/h8H,5-7H2,1-4H3;7,9H,5-6,8H2,1-4H3;7-8,10H,5-6,9H2,1-4H3;5,12H,2-4H2,1H3;2*5-6,11H,2-4H2,1H3;4-5,7,10H,2-3,6H2,1H3;2*1H4;3H;1H. The van der Waals surface area contributed by atoms with E-state index in [2.05, 4.69) is 134 Å². The van der Waals surface area contributed by atoms with Crippen LogP contribution in [0.5, 0.6) is 0 Å². The van der Waals surface area contributed by atoms with Gasteiger partial charge in [0, 0.05) is 130 Å². The van der Waals surface area contributed by atoms with Crippen LogP contribution in [0.15, 0.2) is 55.4 Å². The predicted molar refractivity (Wildman–Crippen MR) is 501 cm³/mol. The SMILES string of the molecule is C.C.CN(CC1CCc2sc(Br)c(Cl)c21)C(=O)OC(C)(C)C.CN(CC1CCc2sc(Br)cc21)C(=O)OC(C)(C)C.CN(CC1CCc2sccc21)C(=O)OC(C)(C)C.CNCC1CCc2sc(Br)c(Cl)c21.CNCC1CCc2scc(Cl)c21.CNCC1CCc2scc(Cl)c21.CNCC1CCc2sccc21.Cl.[B]=NS. The zero-order valence-corrected chi connectivity index (χ0v) is 80.8. The molecule has 3 amide bonds. The van der Waals surface area contributed by atoms with Crippen molar-refractivity contribution in [3.63, 3.8) is 0 Å². The summed E-state index contributed by atoms with van der Waals surface area (Å²) >= 11 is 51.1. The predicted octanol–water partition coefficient (Wildman–Crippen LogP) is 25.7. The van der Waals surface area contributed by atoms with Crippen LogP contribution in [0.4, 0.5) is 14.4 Å². The third-order valence-corrected chi connectivity index (χ3v) is 31.4. The van der Waals surface area contributed by atoms with Gasteiger partial charge in [0.25, 0.3) is 0 Å². The fourth-order valence-corrected chi connectivity index (χ4v) is 25.9. The molecule has 7 aliphatic rings. The first-order valence-corrected chi connectivity index (χ1v) is 47.1. The average molecular weight is 1970 g/mol. The second-order valence-corrected chi connectivity index (χ2v) is 44.1. The van der Waals surface area contributed by atoms with Crippen molar-refractivity contribution < 1.29 is 28.6 Å². The Morgan fingerprint density at radius 2 is 0.766 bits per heavy atom. The molecule has 1 radical (unpaired) electrons. The number of rotatable bonds is 14. The summed E-state index contributed by atoms with van der Waals surface area (Å²) in [5.74, 6) is 3.94. The summed E-state index contributed by atoms with van der Waals surface area (Å²) in [6.07, 6.45) is 15.9. The molecule has 14 rings (SSSR count). The van der Waals surface area contributed by atoms with E-state index < -0.39 is 16.8 Å². The van der Waals surface area contributed by atoms with Crippen molar-refractivity contribution in [1.82, 2.24) is 36.0 Å². The number of thiol groups is 1. The maximum absolute atomic E-state index is 12.0. The molecule has 621 valence electrons. The van der Waals surface area contributed by atoms with Gasteiger partial charge in [-0.05, 0) is 320 Å². The van der Waals surface area contributed by atoms with Crippen molar-refractivity contribution in [1.29, 1.82) is 0 Å². The molecule has 14 nitrogen and oxygen atoms in total. The van der Waals surface area contributed by atoms with Gasteiger partial charge >= 0.3 is 43.0 Å². The topological polar surface area (TPSA) is 149 Å². The molecule has 7 aromatic heterocycles. The normalized spacial score (nSPS) is 18.7. The molecular formula is C80H118BBr3Cl5N8O6S8. The summed E-state index contributed by atoms with van der Waals surface area (Å²) in [6, 6.07) is 6.68. The third-order valence-electron chi connectivity index (χ3n) is 19.3. The zero-order chi connectivity index (χ0) is 79.5. The molecule has 0 aliphatic heterocycles. The van der Waals surface area contributed by atoms with Crippen molar-refractivity contribution >= 4 is 225 Å². The quantitative estimate of drug-likeness (QED) is 0.0405. The first-order valence-electron chi connectivity index (χ1n) is 36.8. The Morgan fingerprint density at radius 1 is 0.468 bits per heavy atom. The number of thiophene rings is 7. The number of aryl methyl sites for hydroxylation is 7. The maximum atomic E-state index is 12.0. The van der Waals surface area contributed by atoms with Crippen LogP contribution in [-0.2, 0) is 59.2 Å². The van der Waals surface area contributed by atoms with E-state index in [1.807, 2.05) is 161 Å². The number of nitrogens with zero attached hydrogens (tertiary/aromatic N) is 4. The summed E-state index contributed by atoms with van der Waals surface area (Å²) in [4.78, 5) is 51.3. The number of halogens is 8. The van der Waals surface area contributed by atoms with Crippen molar-refractivity contribution in [2.75, 3.05) is 95.1 Å². The van der Waals surface area contributed by atoms with E-state index in [0.29, 0.717) is 42.1 Å². The van der Waals surface area contributed by atoms with Gasteiger partial charge in [0.15, 0.2) is 0 Å². The number of amides is 3. The zero-order valence-electron chi connectivity index (χ0n) is 65.6. The van der Waals surface area contributed by atoms with E-state index in [9.17, 15) is 14.4 Å². The summed E-state index contributed by atoms with van der Waals surface area (Å²) in [7, 11) is 17.8. The molecule has 0 fully saturated rings. The first-order chi connectivity index (χ1) is 51.0. The number of likely N-dealkylation sites (N-methyl/N-ethyl adjacent to an activating group) is 7. The van der Waals surface area contributed by atoms with Crippen LogP contribution in [0.3, 0.4) is 0 Å². The molecule has 0 aromatic carbocycles. The Hall–Kier alpha value is -1.35. The fourth-order valence-electron chi connectivity index (χ4n) is 14.6. The van der Waals surface area contributed by atoms with E-state index in [1.54, 1.807) is 54.9 Å². The van der Waals surface area contributed by atoms with Gasteiger partial charge < -0.3 is 50.2 Å². The fraction of sp³-hybridized carbons (Fsp3) is 0.613. The van der Waals surface area contributed by atoms with Crippen LogP contribution in [-0.4, -0.2) is 153 Å². The van der Waals surface area contributed by atoms with Crippen LogP contribution in [0.25, 0.3) is 0 Å². The van der Waals surface area contributed by atoms with Gasteiger partial charge in [0.1, 0.15) is 16.8 Å². The molecule has 0 saturated carbocycles. The monoisotopic (exact) mass is 1970 g/mol. The number of nitrogens with one attached hydrogen (secondary N) is 4. The van der Waals surface area contributed by atoms with Crippen molar-refractivity contribution in [3.8, 4) is 0 Å². The van der Waals surface area contributed by atoms with E-state index >= 15 is 0 Å². The van der Waals surface area contributed by atoms with E-state index in [1.165, 1.54) is 118 Å². The van der Waals surface area contributed by atoms with E-state index in [4.69, 9.17) is 60.6 Å². The number of carbonyl (C=O) groups excluding carboxylic acids is 3. The minimum absolute atomic E-state index is 0. The second kappa shape index (κ2) is 48.2. The number of hydrogen-bond acceptors (Lipinski definition) is 19. The average Bonchev–Trinajstić information content (AvgIpc) is 1.65. The molecule has 7 heterocycles. The number of carbonyl (C=O) groups is 3.